The molecule has 8 heteroatoms. The van der Waals surface area contributed by atoms with Crippen molar-refractivity contribution in [3.63, 3.8) is 0 Å². The highest BCUT2D eigenvalue weighted by molar-refractivity contribution is 6.35. The molecule has 1 fully saturated rings. The Morgan fingerprint density at radius 3 is 2.66 bits per heavy atom. The fraction of sp³-hybridized carbons (Fsp3) is 0.333. The largest absolute Gasteiger partial charge is 0.507 e. The van der Waals surface area contributed by atoms with Crippen LogP contribution in [0.1, 0.15) is 41.8 Å². The Morgan fingerprint density at radius 2 is 2.00 bits per heavy atom. The van der Waals surface area contributed by atoms with E-state index in [1.807, 2.05) is 11.8 Å². The van der Waals surface area contributed by atoms with E-state index in [1.165, 1.54) is 19.1 Å². The van der Waals surface area contributed by atoms with Crippen LogP contribution in [0.2, 0.25) is 10.0 Å². The van der Waals surface area contributed by atoms with E-state index in [1.54, 1.807) is 30.3 Å². The molecular formula is C24H25Cl2NO5. The second kappa shape index (κ2) is 10.5. The van der Waals surface area contributed by atoms with Crippen molar-refractivity contribution in [2.75, 3.05) is 13.2 Å². The number of carbonyl (C=O) groups excluding carboxylic acids is 2. The van der Waals surface area contributed by atoms with E-state index in [0.29, 0.717) is 53.0 Å². The van der Waals surface area contributed by atoms with Crippen molar-refractivity contribution < 1.29 is 24.5 Å². The maximum Gasteiger partial charge on any atom is 0.189 e. The van der Waals surface area contributed by atoms with Gasteiger partial charge < -0.3 is 14.9 Å². The number of ketones is 2. The van der Waals surface area contributed by atoms with Crippen LogP contribution in [0, 0.1) is 0 Å². The summed E-state index contributed by atoms with van der Waals surface area (Å²) in [4.78, 5) is 26.7. The maximum absolute atomic E-state index is 12.8. The van der Waals surface area contributed by atoms with Crippen molar-refractivity contribution in [3.8, 4) is 11.5 Å². The van der Waals surface area contributed by atoms with Gasteiger partial charge in [-0.15, -0.1) is 0 Å². The van der Waals surface area contributed by atoms with Crippen LogP contribution in [-0.4, -0.2) is 52.0 Å². The number of rotatable bonds is 8. The molecule has 6 nitrogen and oxygen atoms in total. The van der Waals surface area contributed by atoms with Crippen LogP contribution in [-0.2, 0) is 11.3 Å². The molecule has 0 radical (unpaired) electrons. The zero-order valence-electron chi connectivity index (χ0n) is 17.8. The molecule has 0 unspecified atom stereocenters. The van der Waals surface area contributed by atoms with Gasteiger partial charge in [0, 0.05) is 34.8 Å². The van der Waals surface area contributed by atoms with E-state index >= 15 is 0 Å². The van der Waals surface area contributed by atoms with E-state index < -0.39 is 17.9 Å². The number of aliphatic hydroxyl groups excluding tert-OH is 1. The molecule has 1 heterocycles. The number of carbonyl (C=O) groups is 2. The Morgan fingerprint density at radius 1 is 1.25 bits per heavy atom. The van der Waals surface area contributed by atoms with Gasteiger partial charge in [0.05, 0.1) is 24.3 Å². The molecule has 1 aliphatic rings. The summed E-state index contributed by atoms with van der Waals surface area (Å²) in [6.07, 6.45) is 2.66. The number of phenols is 1. The number of β-amino-alcohol motifs (C(OH)–C–C–N with tert-alkyl or cyclic N) is 1. The molecule has 1 saturated heterocycles. The normalized spacial score (nSPS) is 18.9. The first kappa shape index (κ1) is 24.3. The van der Waals surface area contributed by atoms with Gasteiger partial charge in [-0.3, -0.25) is 14.5 Å². The zero-order chi connectivity index (χ0) is 23.4. The zero-order valence-corrected chi connectivity index (χ0v) is 19.4. The van der Waals surface area contributed by atoms with Crippen LogP contribution in [0.4, 0.5) is 0 Å². The number of benzene rings is 2. The molecule has 0 amide bonds. The second-order valence-electron chi connectivity index (χ2n) is 7.72. The first-order chi connectivity index (χ1) is 15.2. The molecule has 0 aromatic heterocycles. The Balaban J connectivity index is 1.90. The third-order valence-electron chi connectivity index (χ3n) is 5.34. The third kappa shape index (κ3) is 5.70. The van der Waals surface area contributed by atoms with E-state index in [0.717, 1.165) is 0 Å². The van der Waals surface area contributed by atoms with Gasteiger partial charge in [-0.2, -0.15) is 0 Å². The third-order valence-corrected chi connectivity index (χ3v) is 5.91. The predicted octanol–water partition coefficient (Wildman–Crippen LogP) is 4.52. The monoisotopic (exact) mass is 477 g/mol. The molecule has 1 aliphatic heterocycles. The van der Waals surface area contributed by atoms with Gasteiger partial charge in [0.25, 0.3) is 0 Å². The highest BCUT2D eigenvalue weighted by atomic mass is 35.5. The van der Waals surface area contributed by atoms with E-state index in [-0.39, 0.29) is 17.1 Å². The van der Waals surface area contributed by atoms with Crippen molar-refractivity contribution in [1.82, 2.24) is 4.90 Å². The van der Waals surface area contributed by atoms with Gasteiger partial charge in [0.2, 0.25) is 0 Å². The van der Waals surface area contributed by atoms with Crippen molar-refractivity contribution in [2.24, 2.45) is 0 Å². The average molecular weight is 478 g/mol. The molecule has 2 aromatic rings. The Bertz CT molecular complexity index is 1050. The van der Waals surface area contributed by atoms with Crippen LogP contribution >= 0.6 is 23.2 Å². The topological polar surface area (TPSA) is 87.1 Å². The molecule has 2 N–H and O–H groups in total. The highest BCUT2D eigenvalue weighted by Gasteiger charge is 2.34. The number of hydrogen-bond acceptors (Lipinski definition) is 6. The number of halogens is 2. The van der Waals surface area contributed by atoms with Gasteiger partial charge in [0.1, 0.15) is 17.3 Å². The molecule has 0 bridgehead atoms. The van der Waals surface area contributed by atoms with Crippen LogP contribution < -0.4 is 4.74 Å². The second-order valence-corrected chi connectivity index (χ2v) is 8.56. The van der Waals surface area contributed by atoms with Crippen LogP contribution in [0.5, 0.6) is 11.5 Å². The lowest BCUT2D eigenvalue weighted by atomic mass is 10.0. The minimum absolute atomic E-state index is 0.0302. The number of Topliss-reactive ketones (excluding diaryl/α,β-unsaturated/α-hetero) is 1. The summed E-state index contributed by atoms with van der Waals surface area (Å²) in [5.41, 5.74) is 1.36. The summed E-state index contributed by atoms with van der Waals surface area (Å²) < 4.78 is 5.65. The molecule has 170 valence electrons. The number of likely N-dealkylation sites (tertiary alicyclic amines) is 1. The summed E-state index contributed by atoms with van der Waals surface area (Å²) in [6, 6.07) is 7.51. The maximum atomic E-state index is 12.8. The number of aliphatic hydroxyl groups is 1. The standard InChI is InChI=1S/C24H25Cl2NO5/c1-3-32-24-11-23(31)19(22(30)7-5-15-4-6-17(25)9-20(15)26)8-16(24)12-27-13-18(29)10-21(27)14(2)28/h4-9,11,18,21,29,31H,3,10,12-13H2,1-2H3/b7-5+/t18-,21+/m0/s1. The van der Waals surface area contributed by atoms with Gasteiger partial charge in [-0.25, -0.2) is 0 Å². The van der Waals surface area contributed by atoms with Crippen molar-refractivity contribution in [1.29, 1.82) is 0 Å². The summed E-state index contributed by atoms with van der Waals surface area (Å²) in [5.74, 6) is -0.228. The molecule has 0 spiro atoms. The summed E-state index contributed by atoms with van der Waals surface area (Å²) in [7, 11) is 0. The number of phenolic OH excluding ortho intramolecular Hbond substituents is 1. The molecule has 32 heavy (non-hydrogen) atoms. The van der Waals surface area contributed by atoms with Gasteiger partial charge in [-0.05, 0) is 56.2 Å². The van der Waals surface area contributed by atoms with Gasteiger partial charge in [0.15, 0.2) is 5.78 Å². The summed E-state index contributed by atoms with van der Waals surface area (Å²) in [6.45, 7) is 4.32. The molecule has 0 saturated carbocycles. The molecule has 0 aliphatic carbocycles. The average Bonchev–Trinajstić information content (AvgIpc) is 3.09. The Hall–Kier alpha value is -2.38. The van der Waals surface area contributed by atoms with Gasteiger partial charge >= 0.3 is 0 Å². The van der Waals surface area contributed by atoms with Crippen LogP contribution in [0.15, 0.2) is 36.4 Å². The number of nitrogens with zero attached hydrogens (tertiary/aromatic N) is 1. The van der Waals surface area contributed by atoms with Crippen molar-refractivity contribution in [2.45, 2.75) is 39.0 Å². The lowest BCUT2D eigenvalue weighted by Gasteiger charge is -2.23. The number of ether oxygens (including phenoxy) is 1. The minimum atomic E-state index is -0.593. The van der Waals surface area contributed by atoms with E-state index in [4.69, 9.17) is 27.9 Å². The first-order valence-corrected chi connectivity index (χ1v) is 11.0. The Kier molecular flexibility index (Phi) is 7.96. The van der Waals surface area contributed by atoms with Crippen molar-refractivity contribution >= 4 is 40.8 Å². The fourth-order valence-electron chi connectivity index (χ4n) is 3.81. The molecule has 3 rings (SSSR count). The van der Waals surface area contributed by atoms with Crippen LogP contribution in [0.25, 0.3) is 6.08 Å². The van der Waals surface area contributed by atoms with E-state index in [2.05, 4.69) is 0 Å². The molecule has 2 aromatic carbocycles. The summed E-state index contributed by atoms with van der Waals surface area (Å²) >= 11 is 12.1. The smallest absolute Gasteiger partial charge is 0.189 e. The fourth-order valence-corrected chi connectivity index (χ4v) is 4.28. The van der Waals surface area contributed by atoms with Gasteiger partial charge in [-0.1, -0.05) is 29.3 Å². The van der Waals surface area contributed by atoms with Crippen molar-refractivity contribution in [3.05, 3.63) is 63.1 Å². The van der Waals surface area contributed by atoms with E-state index in [9.17, 15) is 19.8 Å². The molecule has 2 atom stereocenters. The SMILES string of the molecule is CCOc1cc(O)c(C(=O)/C=C/c2ccc(Cl)cc2Cl)cc1CN1C[C@@H](O)C[C@@H]1C(C)=O. The van der Waals surface area contributed by atoms with Crippen LogP contribution in [0.3, 0.4) is 0 Å². The number of allylic oxidation sites excluding steroid dienone is 1. The lowest BCUT2D eigenvalue weighted by molar-refractivity contribution is -0.121. The number of aromatic hydroxyl groups is 1. The minimum Gasteiger partial charge on any atom is -0.507 e. The Labute approximate surface area is 197 Å². The first-order valence-electron chi connectivity index (χ1n) is 10.3. The number of hydrogen-bond donors (Lipinski definition) is 2. The molecular weight excluding hydrogens is 453 g/mol. The highest BCUT2D eigenvalue weighted by Crippen LogP contribution is 2.32. The predicted molar refractivity (Wildman–Crippen MR) is 125 cm³/mol. The lowest BCUT2D eigenvalue weighted by Crippen LogP contribution is -2.34. The summed E-state index contributed by atoms with van der Waals surface area (Å²) in [5, 5.41) is 21.4. The quantitative estimate of drug-likeness (QED) is 0.429.